The van der Waals surface area contributed by atoms with Crippen molar-refractivity contribution in [3.05, 3.63) is 71.8 Å². The van der Waals surface area contributed by atoms with E-state index < -0.39 is 10.0 Å². The summed E-state index contributed by atoms with van der Waals surface area (Å²) in [7, 11) is -3.83. The number of nitrogens with one attached hydrogen (secondary N) is 3. The van der Waals surface area contributed by atoms with E-state index in [0.29, 0.717) is 48.0 Å². The molecule has 9 heteroatoms. The van der Waals surface area contributed by atoms with E-state index in [4.69, 9.17) is 0 Å². The van der Waals surface area contributed by atoms with Crippen LogP contribution < -0.4 is 15.4 Å². The number of piperidine rings is 2. The lowest BCUT2D eigenvalue weighted by molar-refractivity contribution is -0.135. The molecule has 2 amide bonds. The molecule has 0 radical (unpaired) electrons. The van der Waals surface area contributed by atoms with Gasteiger partial charge in [0, 0.05) is 41.2 Å². The van der Waals surface area contributed by atoms with E-state index in [1.807, 2.05) is 42.2 Å². The van der Waals surface area contributed by atoms with Gasteiger partial charge in [-0.1, -0.05) is 48.9 Å². The zero-order valence-corrected chi connectivity index (χ0v) is 22.4. The summed E-state index contributed by atoms with van der Waals surface area (Å²) in [5, 5.41) is 7.44. The number of likely N-dealkylation sites (tertiary alicyclic amines) is 1. The Morgan fingerprint density at radius 1 is 0.895 bits per heavy atom. The van der Waals surface area contributed by atoms with Crippen molar-refractivity contribution in [1.29, 1.82) is 0 Å². The highest BCUT2D eigenvalue weighted by Gasteiger charge is 2.31. The largest absolute Gasteiger partial charge is 0.341 e. The van der Waals surface area contributed by atoms with Gasteiger partial charge < -0.3 is 15.5 Å². The van der Waals surface area contributed by atoms with Crippen molar-refractivity contribution >= 4 is 38.3 Å². The quantitative estimate of drug-likeness (QED) is 0.446. The molecule has 8 nitrogen and oxygen atoms in total. The topological polar surface area (TPSA) is 108 Å². The van der Waals surface area contributed by atoms with Gasteiger partial charge in [-0.05, 0) is 62.9 Å². The molecule has 38 heavy (non-hydrogen) atoms. The first kappa shape index (κ1) is 26.3. The van der Waals surface area contributed by atoms with Crippen molar-refractivity contribution in [2.75, 3.05) is 25.0 Å². The second-order valence-electron chi connectivity index (χ2n) is 10.1. The maximum absolute atomic E-state index is 13.5. The molecule has 2 saturated heterocycles. The van der Waals surface area contributed by atoms with Gasteiger partial charge in [-0.2, -0.15) is 0 Å². The predicted molar refractivity (Wildman–Crippen MR) is 149 cm³/mol. The Bertz CT molecular complexity index is 1440. The highest BCUT2D eigenvalue weighted by molar-refractivity contribution is 7.89. The van der Waals surface area contributed by atoms with Crippen molar-refractivity contribution < 1.29 is 18.0 Å². The van der Waals surface area contributed by atoms with Crippen LogP contribution in [0.1, 0.15) is 48.0 Å². The first-order valence-corrected chi connectivity index (χ1v) is 14.7. The summed E-state index contributed by atoms with van der Waals surface area (Å²) < 4.78 is 29.8. The van der Waals surface area contributed by atoms with E-state index in [2.05, 4.69) is 15.4 Å². The van der Waals surface area contributed by atoms with E-state index in [0.717, 1.165) is 31.4 Å². The maximum Gasteiger partial charge on any atom is 0.255 e. The summed E-state index contributed by atoms with van der Waals surface area (Å²) in [6, 6.07) is 17.3. The van der Waals surface area contributed by atoms with Crippen molar-refractivity contribution in [2.24, 2.45) is 0 Å². The first-order chi connectivity index (χ1) is 18.3. The summed E-state index contributed by atoms with van der Waals surface area (Å²) >= 11 is 0. The number of aryl methyl sites for hydroxylation is 1. The van der Waals surface area contributed by atoms with E-state index in [9.17, 15) is 18.0 Å². The molecule has 2 fully saturated rings. The van der Waals surface area contributed by atoms with Crippen LogP contribution in [-0.2, 0) is 14.8 Å². The third-order valence-corrected chi connectivity index (χ3v) is 9.13. The van der Waals surface area contributed by atoms with Gasteiger partial charge in [0.1, 0.15) is 0 Å². The van der Waals surface area contributed by atoms with Crippen molar-refractivity contribution in [3.63, 3.8) is 0 Å². The lowest BCUT2D eigenvalue weighted by atomic mass is 10.0. The number of hydrogen-bond donors (Lipinski definition) is 3. The average Bonchev–Trinajstić information content (AvgIpc) is 2.93. The minimum absolute atomic E-state index is 0.117. The summed E-state index contributed by atoms with van der Waals surface area (Å²) in [4.78, 5) is 27.8. The third kappa shape index (κ3) is 5.60. The molecule has 200 valence electrons. The predicted octanol–water partition coefficient (Wildman–Crippen LogP) is 3.81. The fraction of sp³-hybridized carbons (Fsp3) is 0.379. The molecule has 0 aromatic heterocycles. The summed E-state index contributed by atoms with van der Waals surface area (Å²) in [6.45, 7) is 3.82. The lowest BCUT2D eigenvalue weighted by Gasteiger charge is -2.35. The standard InChI is InChI=1S/C29H34N4O4S/c1-20-8-2-3-9-22(20)28(34)31-25-13-14-27(24-11-5-4-10-23(24)25)38(36,37)32-21-15-18-33(19-16-21)29(35)26-12-6-7-17-30-26/h2-5,8-11,13-14,21,26,30,32H,6-7,12,15-19H2,1H3,(H,31,34)/t26-/m0/s1. The highest BCUT2D eigenvalue weighted by atomic mass is 32.2. The molecule has 0 aliphatic carbocycles. The van der Waals surface area contributed by atoms with E-state index in [-0.39, 0.29) is 28.8 Å². The number of carbonyl (C=O) groups is 2. The van der Waals surface area contributed by atoms with Crippen molar-refractivity contribution in [1.82, 2.24) is 14.9 Å². The van der Waals surface area contributed by atoms with Crippen LogP contribution in [0.15, 0.2) is 65.6 Å². The smallest absolute Gasteiger partial charge is 0.255 e. The molecule has 2 aliphatic rings. The molecular weight excluding hydrogens is 500 g/mol. The minimum Gasteiger partial charge on any atom is -0.341 e. The molecule has 2 heterocycles. The Balaban J connectivity index is 1.30. The molecule has 2 aliphatic heterocycles. The maximum atomic E-state index is 13.5. The van der Waals surface area contributed by atoms with Gasteiger partial charge >= 0.3 is 0 Å². The monoisotopic (exact) mass is 534 g/mol. The number of carbonyl (C=O) groups excluding carboxylic acids is 2. The summed E-state index contributed by atoms with van der Waals surface area (Å²) in [6.07, 6.45) is 4.16. The van der Waals surface area contributed by atoms with Crippen LogP contribution in [0, 0.1) is 6.92 Å². The molecule has 0 saturated carbocycles. The van der Waals surface area contributed by atoms with Gasteiger partial charge in [0.25, 0.3) is 5.91 Å². The highest BCUT2D eigenvalue weighted by Crippen LogP contribution is 2.30. The Morgan fingerprint density at radius 3 is 2.32 bits per heavy atom. The molecule has 3 aromatic carbocycles. The van der Waals surface area contributed by atoms with Crippen LogP contribution in [0.3, 0.4) is 0 Å². The van der Waals surface area contributed by atoms with Crippen molar-refractivity contribution in [2.45, 2.75) is 56.0 Å². The van der Waals surface area contributed by atoms with Gasteiger partial charge in [0.15, 0.2) is 0 Å². The molecular formula is C29H34N4O4S. The number of amides is 2. The third-order valence-electron chi connectivity index (χ3n) is 7.55. The van der Waals surface area contributed by atoms with Crippen LogP contribution in [0.5, 0.6) is 0 Å². The number of rotatable bonds is 6. The number of nitrogens with zero attached hydrogens (tertiary/aromatic N) is 1. The van der Waals surface area contributed by atoms with Crippen LogP contribution in [-0.4, -0.2) is 56.9 Å². The number of anilines is 1. The zero-order valence-electron chi connectivity index (χ0n) is 21.6. The average molecular weight is 535 g/mol. The molecule has 3 N–H and O–H groups in total. The zero-order chi connectivity index (χ0) is 26.7. The van der Waals surface area contributed by atoms with Crippen LogP contribution >= 0.6 is 0 Å². The van der Waals surface area contributed by atoms with Gasteiger partial charge in [0.05, 0.1) is 10.9 Å². The van der Waals surface area contributed by atoms with Gasteiger partial charge in [-0.25, -0.2) is 13.1 Å². The number of benzene rings is 3. The fourth-order valence-electron chi connectivity index (χ4n) is 5.42. The Kier molecular flexibility index (Phi) is 7.78. The molecule has 0 bridgehead atoms. The second-order valence-corrected chi connectivity index (χ2v) is 11.8. The van der Waals surface area contributed by atoms with E-state index >= 15 is 0 Å². The number of fused-ring (bicyclic) bond motifs is 1. The lowest BCUT2D eigenvalue weighted by Crippen LogP contribution is -2.53. The molecule has 0 unspecified atom stereocenters. The number of sulfonamides is 1. The molecule has 1 atom stereocenters. The van der Waals surface area contributed by atoms with Gasteiger partial charge in [-0.15, -0.1) is 0 Å². The number of hydrogen-bond acceptors (Lipinski definition) is 5. The van der Waals surface area contributed by atoms with E-state index in [1.165, 1.54) is 0 Å². The van der Waals surface area contributed by atoms with Gasteiger partial charge in [-0.3, -0.25) is 9.59 Å². The Morgan fingerprint density at radius 2 is 1.61 bits per heavy atom. The molecule has 5 rings (SSSR count). The minimum atomic E-state index is -3.83. The molecule has 3 aromatic rings. The fourth-order valence-corrected chi connectivity index (χ4v) is 6.93. The van der Waals surface area contributed by atoms with Gasteiger partial charge in [0.2, 0.25) is 15.9 Å². The summed E-state index contributed by atoms with van der Waals surface area (Å²) in [5.74, 6) is -0.118. The normalized spacial score (nSPS) is 18.9. The van der Waals surface area contributed by atoms with E-state index in [1.54, 1.807) is 30.3 Å². The van der Waals surface area contributed by atoms with Crippen LogP contribution in [0.4, 0.5) is 5.69 Å². The van der Waals surface area contributed by atoms with Crippen LogP contribution in [0.25, 0.3) is 10.8 Å². The second kappa shape index (κ2) is 11.2. The Labute approximate surface area is 223 Å². The SMILES string of the molecule is Cc1ccccc1C(=O)Nc1ccc(S(=O)(=O)NC2CCN(C(=O)[C@@H]3CCCCN3)CC2)c2ccccc12. The van der Waals surface area contributed by atoms with Crippen LogP contribution in [0.2, 0.25) is 0 Å². The summed E-state index contributed by atoms with van der Waals surface area (Å²) in [5.41, 5.74) is 1.98. The first-order valence-electron chi connectivity index (χ1n) is 13.3. The van der Waals surface area contributed by atoms with Crippen molar-refractivity contribution in [3.8, 4) is 0 Å². The Hall–Kier alpha value is -3.27. The molecule has 0 spiro atoms.